The van der Waals surface area contributed by atoms with Crippen LogP contribution < -0.4 is 10.5 Å². The van der Waals surface area contributed by atoms with Gasteiger partial charge in [0, 0.05) is 18.4 Å². The molecule has 1 aromatic rings. The molecule has 1 saturated carbocycles. The van der Waals surface area contributed by atoms with E-state index in [1.54, 1.807) is 0 Å². The lowest BCUT2D eigenvalue weighted by molar-refractivity contribution is 0.142. The first-order valence-electron chi connectivity index (χ1n) is 7.18. The van der Waals surface area contributed by atoms with E-state index >= 15 is 0 Å². The second kappa shape index (κ2) is 4.58. The summed E-state index contributed by atoms with van der Waals surface area (Å²) < 4.78 is 6.02. The average Bonchev–Trinajstić information content (AvgIpc) is 2.75. The van der Waals surface area contributed by atoms with Gasteiger partial charge in [-0.3, -0.25) is 0 Å². The van der Waals surface area contributed by atoms with Gasteiger partial charge in [0.1, 0.15) is 11.9 Å². The fourth-order valence-electron chi connectivity index (χ4n) is 3.36. The Balaban J connectivity index is 1.62. The van der Waals surface area contributed by atoms with Gasteiger partial charge in [-0.2, -0.15) is 0 Å². The van der Waals surface area contributed by atoms with Crippen LogP contribution in [-0.2, 0) is 6.42 Å². The van der Waals surface area contributed by atoms with E-state index in [0.717, 1.165) is 37.4 Å². The minimum atomic E-state index is 0.0131. The van der Waals surface area contributed by atoms with Gasteiger partial charge in [0.25, 0.3) is 0 Å². The van der Waals surface area contributed by atoms with E-state index in [9.17, 15) is 0 Å². The summed E-state index contributed by atoms with van der Waals surface area (Å²) in [6, 6.07) is 8.37. The standard InChI is InChI=1S/C16H23NO/c1-12-6-8-16(17,9-7-12)11-14-10-13-4-2-3-5-15(13)18-14/h2-5,12,14H,6-11,17H2,1H3. The van der Waals surface area contributed by atoms with Gasteiger partial charge in [-0.05, 0) is 43.2 Å². The molecule has 1 aromatic carbocycles. The van der Waals surface area contributed by atoms with Crippen molar-refractivity contribution in [3.63, 3.8) is 0 Å². The molecule has 2 heteroatoms. The van der Waals surface area contributed by atoms with Crippen molar-refractivity contribution < 1.29 is 4.74 Å². The summed E-state index contributed by atoms with van der Waals surface area (Å²) in [5, 5.41) is 0. The number of rotatable bonds is 2. The zero-order valence-electron chi connectivity index (χ0n) is 11.2. The van der Waals surface area contributed by atoms with Crippen molar-refractivity contribution in [2.75, 3.05) is 0 Å². The molecule has 3 rings (SSSR count). The molecule has 0 amide bonds. The molecule has 0 saturated heterocycles. The molecule has 1 aliphatic heterocycles. The topological polar surface area (TPSA) is 35.2 Å². The average molecular weight is 245 g/mol. The van der Waals surface area contributed by atoms with Crippen molar-refractivity contribution in [3.05, 3.63) is 29.8 Å². The Morgan fingerprint density at radius 3 is 2.72 bits per heavy atom. The summed E-state index contributed by atoms with van der Waals surface area (Å²) in [7, 11) is 0. The molecule has 2 N–H and O–H groups in total. The van der Waals surface area contributed by atoms with Crippen LogP contribution >= 0.6 is 0 Å². The summed E-state index contributed by atoms with van der Waals surface area (Å²) in [5.41, 5.74) is 7.91. The van der Waals surface area contributed by atoms with Crippen LogP contribution in [0.3, 0.4) is 0 Å². The van der Waals surface area contributed by atoms with Crippen LogP contribution in [0.2, 0.25) is 0 Å². The van der Waals surface area contributed by atoms with Crippen molar-refractivity contribution in [2.24, 2.45) is 11.7 Å². The maximum absolute atomic E-state index is 6.56. The lowest BCUT2D eigenvalue weighted by Crippen LogP contribution is -2.46. The van der Waals surface area contributed by atoms with Crippen LogP contribution in [0.4, 0.5) is 0 Å². The SMILES string of the molecule is CC1CCC(N)(CC2Cc3ccccc3O2)CC1. The van der Waals surface area contributed by atoms with E-state index in [4.69, 9.17) is 10.5 Å². The van der Waals surface area contributed by atoms with E-state index in [-0.39, 0.29) is 5.54 Å². The zero-order valence-corrected chi connectivity index (χ0v) is 11.2. The number of para-hydroxylation sites is 1. The van der Waals surface area contributed by atoms with Gasteiger partial charge in [-0.15, -0.1) is 0 Å². The van der Waals surface area contributed by atoms with Crippen LogP contribution in [0.25, 0.3) is 0 Å². The Labute approximate surface area is 110 Å². The van der Waals surface area contributed by atoms with E-state index in [1.165, 1.54) is 18.4 Å². The largest absolute Gasteiger partial charge is 0.490 e. The van der Waals surface area contributed by atoms with Crippen LogP contribution in [-0.4, -0.2) is 11.6 Å². The molecule has 1 fully saturated rings. The molecule has 18 heavy (non-hydrogen) atoms. The van der Waals surface area contributed by atoms with Crippen molar-refractivity contribution in [3.8, 4) is 5.75 Å². The van der Waals surface area contributed by atoms with Gasteiger partial charge in [-0.25, -0.2) is 0 Å². The van der Waals surface area contributed by atoms with Gasteiger partial charge in [0.2, 0.25) is 0 Å². The summed E-state index contributed by atoms with van der Waals surface area (Å²) in [6.07, 6.45) is 7.20. The number of hydrogen-bond donors (Lipinski definition) is 1. The number of ether oxygens (including phenoxy) is 1. The van der Waals surface area contributed by atoms with Crippen LogP contribution in [0, 0.1) is 5.92 Å². The Kier molecular flexibility index (Phi) is 3.06. The number of hydrogen-bond acceptors (Lipinski definition) is 2. The second-order valence-corrected chi connectivity index (χ2v) is 6.30. The highest BCUT2D eigenvalue weighted by atomic mass is 16.5. The van der Waals surface area contributed by atoms with Crippen LogP contribution in [0.1, 0.15) is 44.6 Å². The minimum Gasteiger partial charge on any atom is -0.490 e. The first kappa shape index (κ1) is 12.0. The third-order valence-electron chi connectivity index (χ3n) is 4.62. The number of benzene rings is 1. The quantitative estimate of drug-likeness (QED) is 0.867. The molecule has 2 nitrogen and oxygen atoms in total. The maximum Gasteiger partial charge on any atom is 0.123 e. The summed E-state index contributed by atoms with van der Waals surface area (Å²) >= 11 is 0. The smallest absolute Gasteiger partial charge is 0.123 e. The van der Waals surface area contributed by atoms with Gasteiger partial charge < -0.3 is 10.5 Å². The maximum atomic E-state index is 6.56. The predicted octanol–water partition coefficient (Wildman–Crippen LogP) is 3.29. The lowest BCUT2D eigenvalue weighted by Gasteiger charge is -2.37. The van der Waals surface area contributed by atoms with Crippen molar-refractivity contribution in [1.29, 1.82) is 0 Å². The lowest BCUT2D eigenvalue weighted by atomic mass is 9.74. The highest BCUT2D eigenvalue weighted by molar-refractivity contribution is 5.37. The molecular weight excluding hydrogens is 222 g/mol. The molecule has 98 valence electrons. The van der Waals surface area contributed by atoms with E-state index in [1.807, 2.05) is 6.07 Å². The Hall–Kier alpha value is -1.02. The normalized spacial score (nSPS) is 35.0. The first-order valence-corrected chi connectivity index (χ1v) is 7.18. The van der Waals surface area contributed by atoms with E-state index in [0.29, 0.717) is 6.10 Å². The summed E-state index contributed by atoms with van der Waals surface area (Å²) in [6.45, 7) is 2.33. The van der Waals surface area contributed by atoms with Gasteiger partial charge in [0.15, 0.2) is 0 Å². The third kappa shape index (κ3) is 2.39. The molecule has 0 aromatic heterocycles. The minimum absolute atomic E-state index is 0.0131. The summed E-state index contributed by atoms with van der Waals surface area (Å²) in [5.74, 6) is 1.92. The number of fused-ring (bicyclic) bond motifs is 1. The molecule has 0 bridgehead atoms. The third-order valence-corrected chi connectivity index (χ3v) is 4.62. The highest BCUT2D eigenvalue weighted by Gasteiger charge is 2.35. The second-order valence-electron chi connectivity index (χ2n) is 6.30. The molecule has 1 unspecified atom stereocenters. The number of nitrogens with two attached hydrogens (primary N) is 1. The predicted molar refractivity (Wildman–Crippen MR) is 73.7 cm³/mol. The van der Waals surface area contributed by atoms with Crippen molar-refractivity contribution >= 4 is 0 Å². The van der Waals surface area contributed by atoms with Crippen LogP contribution in [0.5, 0.6) is 5.75 Å². The molecular formula is C16H23NO. The van der Waals surface area contributed by atoms with Crippen molar-refractivity contribution in [2.45, 2.75) is 57.1 Å². The Morgan fingerprint density at radius 2 is 2.00 bits per heavy atom. The van der Waals surface area contributed by atoms with E-state index < -0.39 is 0 Å². The van der Waals surface area contributed by atoms with Crippen LogP contribution in [0.15, 0.2) is 24.3 Å². The van der Waals surface area contributed by atoms with Gasteiger partial charge >= 0.3 is 0 Å². The first-order chi connectivity index (χ1) is 8.65. The van der Waals surface area contributed by atoms with Gasteiger partial charge in [-0.1, -0.05) is 25.1 Å². The van der Waals surface area contributed by atoms with Crippen molar-refractivity contribution in [1.82, 2.24) is 0 Å². The van der Waals surface area contributed by atoms with E-state index in [2.05, 4.69) is 25.1 Å². The molecule has 0 spiro atoms. The monoisotopic (exact) mass is 245 g/mol. The molecule has 1 atom stereocenters. The molecule has 1 heterocycles. The fourth-order valence-corrected chi connectivity index (χ4v) is 3.36. The highest BCUT2D eigenvalue weighted by Crippen LogP contribution is 2.37. The fraction of sp³-hybridized carbons (Fsp3) is 0.625. The van der Waals surface area contributed by atoms with Gasteiger partial charge in [0.05, 0.1) is 0 Å². The summed E-state index contributed by atoms with van der Waals surface area (Å²) in [4.78, 5) is 0. The molecule has 2 aliphatic rings. The molecule has 1 aliphatic carbocycles. The zero-order chi connectivity index (χ0) is 12.6. The molecule has 0 radical (unpaired) electrons. The Bertz CT molecular complexity index is 396. The Morgan fingerprint density at radius 1 is 1.28 bits per heavy atom.